The smallest absolute Gasteiger partial charge is 0.322 e. The molecule has 2 aliphatic heterocycles. The van der Waals surface area contributed by atoms with Gasteiger partial charge in [-0.25, -0.2) is 9.78 Å². The molecule has 2 saturated carbocycles. The van der Waals surface area contributed by atoms with E-state index in [0.29, 0.717) is 19.3 Å². The molecule has 5 rings (SSSR count). The van der Waals surface area contributed by atoms with Gasteiger partial charge in [0.25, 0.3) is 17.7 Å². The molecule has 4 aliphatic rings. The number of aliphatic hydroxyl groups excluding tert-OH is 1. The first-order valence-corrected chi connectivity index (χ1v) is 18.2. The van der Waals surface area contributed by atoms with Crippen molar-refractivity contribution in [2.24, 2.45) is 11.3 Å². The van der Waals surface area contributed by atoms with E-state index in [0.717, 1.165) is 32.1 Å². The van der Waals surface area contributed by atoms with Crippen LogP contribution in [0.3, 0.4) is 0 Å². The van der Waals surface area contributed by atoms with Crippen molar-refractivity contribution < 1.29 is 38.7 Å². The average molecular weight is 726 g/mol. The standard InChI is InChI=1S/C35H51N9O8/c1-5-9-21(25(45)30(49)38-20-12-13-20)39-28(47)23-16-35(32(51)42-33(52)43-35)18-44(23)31(50)26(34(2,3)4)41-29(48)24(19-10-7-6-8-11-19)40-27(46)22-17-36-14-15-37-22/h14-15,17,19-21,23-26,45H,5-13,16,18H2,1-4H3,(H,38,49)(H,39,47)(H,40,46)(H,41,48)(H2,42,43,51,52)/t21?,23?,24-,25?,26+,35?/m0/s1. The highest BCUT2D eigenvalue weighted by Gasteiger charge is 2.58. The van der Waals surface area contributed by atoms with Crippen LogP contribution < -0.4 is 31.9 Å². The molecule has 1 aromatic rings. The third-order valence-corrected chi connectivity index (χ3v) is 10.3. The number of rotatable bonds is 13. The average Bonchev–Trinajstić information content (AvgIpc) is 3.77. The van der Waals surface area contributed by atoms with E-state index < -0.39 is 82.7 Å². The molecule has 2 saturated heterocycles. The van der Waals surface area contributed by atoms with Crippen LogP contribution in [0.25, 0.3) is 0 Å². The lowest BCUT2D eigenvalue weighted by molar-refractivity contribution is -0.145. The fraction of sp³-hybridized carbons (Fsp3) is 0.686. The number of hydrogen-bond acceptors (Lipinski definition) is 10. The van der Waals surface area contributed by atoms with Crippen LogP contribution in [0.5, 0.6) is 0 Å². The number of aliphatic hydroxyl groups is 1. The van der Waals surface area contributed by atoms with Crippen LogP contribution in [0.4, 0.5) is 4.79 Å². The van der Waals surface area contributed by atoms with Gasteiger partial charge in [0.2, 0.25) is 17.7 Å². The van der Waals surface area contributed by atoms with Gasteiger partial charge in [0, 0.05) is 24.9 Å². The summed E-state index contributed by atoms with van der Waals surface area (Å²) >= 11 is 0. The molecule has 4 fully saturated rings. The normalized spacial score (nSPS) is 24.2. The first kappa shape index (κ1) is 38.6. The summed E-state index contributed by atoms with van der Waals surface area (Å²) in [7, 11) is 0. The van der Waals surface area contributed by atoms with Gasteiger partial charge in [-0.05, 0) is 43.4 Å². The second-order valence-electron chi connectivity index (χ2n) is 15.6. The molecular weight excluding hydrogens is 674 g/mol. The Hall–Kier alpha value is -4.67. The number of aromatic nitrogens is 2. The summed E-state index contributed by atoms with van der Waals surface area (Å²) in [6.45, 7) is 6.67. The Morgan fingerprint density at radius 3 is 2.29 bits per heavy atom. The van der Waals surface area contributed by atoms with Gasteiger partial charge in [-0.15, -0.1) is 0 Å². The SMILES string of the molecule is CCCC(NC(=O)C1CC2(CN1C(=O)[C@@H](NC(=O)[C@@H](NC(=O)c1cnccn1)C1CCCCC1)C(C)(C)C)NC(=O)NC2=O)C(O)C(=O)NC1CC1. The maximum atomic E-state index is 14.7. The molecule has 0 aromatic carbocycles. The maximum Gasteiger partial charge on any atom is 0.322 e. The van der Waals surface area contributed by atoms with Gasteiger partial charge in [-0.2, -0.15) is 0 Å². The van der Waals surface area contributed by atoms with Crippen LogP contribution in [0.1, 0.15) is 102 Å². The molecule has 0 bridgehead atoms. The lowest BCUT2D eigenvalue weighted by Gasteiger charge is -2.38. The number of carbonyl (C=O) groups excluding carboxylic acids is 7. The minimum atomic E-state index is -1.63. The summed E-state index contributed by atoms with van der Waals surface area (Å²) < 4.78 is 0. The summed E-state index contributed by atoms with van der Waals surface area (Å²) in [6, 6.07) is -5.36. The number of likely N-dealkylation sites (tertiary alicyclic amines) is 1. The number of carbonyl (C=O) groups is 7. The Morgan fingerprint density at radius 2 is 1.71 bits per heavy atom. The molecule has 284 valence electrons. The molecule has 2 aliphatic carbocycles. The fourth-order valence-electron chi connectivity index (χ4n) is 7.29. The van der Waals surface area contributed by atoms with E-state index >= 15 is 0 Å². The van der Waals surface area contributed by atoms with E-state index in [2.05, 4.69) is 41.9 Å². The first-order chi connectivity index (χ1) is 24.6. The minimum Gasteiger partial charge on any atom is -0.381 e. The molecule has 17 heteroatoms. The van der Waals surface area contributed by atoms with E-state index in [-0.39, 0.29) is 37.0 Å². The van der Waals surface area contributed by atoms with Crippen molar-refractivity contribution in [2.75, 3.05) is 6.54 Å². The highest BCUT2D eigenvalue weighted by molar-refractivity contribution is 6.09. The van der Waals surface area contributed by atoms with E-state index in [1.54, 1.807) is 20.8 Å². The van der Waals surface area contributed by atoms with Crippen LogP contribution in [0.2, 0.25) is 0 Å². The van der Waals surface area contributed by atoms with Crippen molar-refractivity contribution >= 4 is 41.5 Å². The molecule has 6 atom stereocenters. The lowest BCUT2D eigenvalue weighted by Crippen LogP contribution is -2.62. The molecule has 4 unspecified atom stereocenters. The third-order valence-electron chi connectivity index (χ3n) is 10.3. The predicted molar refractivity (Wildman–Crippen MR) is 185 cm³/mol. The van der Waals surface area contributed by atoms with Gasteiger partial charge in [-0.3, -0.25) is 39.1 Å². The number of imide groups is 1. The number of nitrogens with one attached hydrogen (secondary N) is 6. The van der Waals surface area contributed by atoms with Gasteiger partial charge in [0.15, 0.2) is 6.10 Å². The van der Waals surface area contributed by atoms with Crippen molar-refractivity contribution in [1.82, 2.24) is 46.8 Å². The number of amides is 8. The zero-order valence-electron chi connectivity index (χ0n) is 30.2. The van der Waals surface area contributed by atoms with Crippen LogP contribution in [-0.2, 0) is 24.0 Å². The largest absolute Gasteiger partial charge is 0.381 e. The van der Waals surface area contributed by atoms with Gasteiger partial charge in [0.1, 0.15) is 29.4 Å². The molecule has 7 N–H and O–H groups in total. The van der Waals surface area contributed by atoms with E-state index in [4.69, 9.17) is 0 Å². The highest BCUT2D eigenvalue weighted by atomic mass is 16.3. The first-order valence-electron chi connectivity index (χ1n) is 18.2. The summed E-state index contributed by atoms with van der Waals surface area (Å²) in [6.07, 6.45) is 8.72. The monoisotopic (exact) mass is 725 g/mol. The van der Waals surface area contributed by atoms with Gasteiger partial charge >= 0.3 is 6.03 Å². The third kappa shape index (κ3) is 8.85. The van der Waals surface area contributed by atoms with Gasteiger partial charge in [-0.1, -0.05) is 53.4 Å². The van der Waals surface area contributed by atoms with Crippen LogP contribution in [0.15, 0.2) is 18.6 Å². The van der Waals surface area contributed by atoms with E-state index in [1.807, 2.05) is 6.92 Å². The van der Waals surface area contributed by atoms with Gasteiger partial charge in [0.05, 0.1) is 18.8 Å². The summed E-state index contributed by atoms with van der Waals surface area (Å²) in [5.74, 6) is -4.14. The number of hydrogen-bond donors (Lipinski definition) is 7. The quantitative estimate of drug-likeness (QED) is 0.132. The fourth-order valence-corrected chi connectivity index (χ4v) is 7.29. The van der Waals surface area contributed by atoms with E-state index in [1.165, 1.54) is 23.5 Å². The summed E-state index contributed by atoms with van der Waals surface area (Å²) in [4.78, 5) is 103. The minimum absolute atomic E-state index is 0.0185. The second kappa shape index (κ2) is 15.9. The molecule has 8 amide bonds. The molecule has 1 spiro atoms. The molecule has 17 nitrogen and oxygen atoms in total. The lowest BCUT2D eigenvalue weighted by atomic mass is 9.82. The van der Waals surface area contributed by atoms with Crippen molar-refractivity contribution in [3.8, 4) is 0 Å². The Morgan fingerprint density at radius 1 is 1.00 bits per heavy atom. The van der Waals surface area contributed by atoms with Crippen LogP contribution >= 0.6 is 0 Å². The summed E-state index contributed by atoms with van der Waals surface area (Å²) in [5.41, 5.74) is -2.53. The topological polar surface area (TPSA) is 241 Å². The van der Waals surface area contributed by atoms with Crippen molar-refractivity contribution in [3.05, 3.63) is 24.3 Å². The Balaban J connectivity index is 1.41. The van der Waals surface area contributed by atoms with Crippen molar-refractivity contribution in [1.29, 1.82) is 0 Å². The van der Waals surface area contributed by atoms with E-state index in [9.17, 15) is 38.7 Å². The maximum absolute atomic E-state index is 14.7. The van der Waals surface area contributed by atoms with Crippen molar-refractivity contribution in [2.45, 2.75) is 134 Å². The zero-order chi connectivity index (χ0) is 37.8. The molecule has 0 radical (unpaired) electrons. The summed E-state index contributed by atoms with van der Waals surface area (Å²) in [5, 5.41) is 26.8. The molecule has 1 aromatic heterocycles. The second-order valence-corrected chi connectivity index (χ2v) is 15.6. The number of urea groups is 1. The molecular formula is C35H51N9O8. The van der Waals surface area contributed by atoms with Crippen molar-refractivity contribution in [3.63, 3.8) is 0 Å². The molecule has 3 heterocycles. The van der Waals surface area contributed by atoms with Crippen LogP contribution in [-0.4, -0.2) is 110 Å². The zero-order valence-corrected chi connectivity index (χ0v) is 30.2. The Kier molecular flexibility index (Phi) is 11.8. The Bertz CT molecular complexity index is 1540. The van der Waals surface area contributed by atoms with Gasteiger partial charge < -0.3 is 36.6 Å². The molecule has 52 heavy (non-hydrogen) atoms. The van der Waals surface area contributed by atoms with Crippen LogP contribution in [0, 0.1) is 11.3 Å². The number of nitrogens with zero attached hydrogens (tertiary/aromatic N) is 3. The predicted octanol–water partition coefficient (Wildman–Crippen LogP) is -0.210. The Labute approximate surface area is 302 Å². The highest BCUT2D eigenvalue weighted by Crippen LogP contribution is 2.34.